The lowest BCUT2D eigenvalue weighted by molar-refractivity contribution is 0.102. The van der Waals surface area contributed by atoms with Crippen molar-refractivity contribution < 1.29 is 22.4 Å². The summed E-state index contributed by atoms with van der Waals surface area (Å²) < 4.78 is 34.1. The number of carbonyl (C=O) groups excluding carboxylic acids is 1. The Morgan fingerprint density at radius 1 is 1.15 bits per heavy atom. The molecule has 0 aliphatic rings. The van der Waals surface area contributed by atoms with E-state index in [1.807, 2.05) is 6.92 Å². The summed E-state index contributed by atoms with van der Waals surface area (Å²) in [6.45, 7) is 2.41. The molecule has 8 nitrogen and oxygen atoms in total. The van der Waals surface area contributed by atoms with Crippen molar-refractivity contribution in [1.82, 2.24) is 10.2 Å². The third-order valence-electron chi connectivity index (χ3n) is 3.58. The standard InChI is InChI=1S/C18H17N3O5S/c1-3-25-14-9-7-12(8-10-14)16(22)19-18-21-20-17(26-18)13-5-4-6-15(11-13)27(2,23)24/h4-11H,3H2,1-2H3,(H,19,21,22). The average molecular weight is 387 g/mol. The van der Waals surface area contributed by atoms with E-state index in [1.165, 1.54) is 12.1 Å². The molecule has 9 heteroatoms. The van der Waals surface area contributed by atoms with Gasteiger partial charge in [-0.25, -0.2) is 8.42 Å². The Kier molecular flexibility index (Phi) is 5.22. The second-order valence-electron chi connectivity index (χ2n) is 5.62. The fraction of sp³-hybridized carbons (Fsp3) is 0.167. The number of hydrogen-bond donors (Lipinski definition) is 1. The molecular formula is C18H17N3O5S. The molecule has 1 aromatic heterocycles. The Balaban J connectivity index is 1.75. The number of anilines is 1. The third kappa shape index (κ3) is 4.50. The van der Waals surface area contributed by atoms with E-state index in [-0.39, 0.29) is 16.8 Å². The van der Waals surface area contributed by atoms with E-state index in [0.717, 1.165) is 6.26 Å². The van der Waals surface area contributed by atoms with Crippen LogP contribution < -0.4 is 10.1 Å². The van der Waals surface area contributed by atoms with Crippen molar-refractivity contribution in [3.63, 3.8) is 0 Å². The second kappa shape index (κ2) is 7.58. The van der Waals surface area contributed by atoms with Gasteiger partial charge in [-0.2, -0.15) is 0 Å². The quantitative estimate of drug-likeness (QED) is 0.692. The van der Waals surface area contributed by atoms with Crippen molar-refractivity contribution >= 4 is 21.8 Å². The molecule has 0 saturated heterocycles. The number of hydrogen-bond acceptors (Lipinski definition) is 7. The summed E-state index contributed by atoms with van der Waals surface area (Å²) in [5.41, 5.74) is 0.837. The van der Waals surface area contributed by atoms with E-state index in [1.54, 1.807) is 36.4 Å². The molecule has 0 spiro atoms. The number of nitrogens with one attached hydrogen (secondary N) is 1. The second-order valence-corrected chi connectivity index (χ2v) is 7.64. The molecule has 27 heavy (non-hydrogen) atoms. The Morgan fingerprint density at radius 3 is 2.56 bits per heavy atom. The minimum absolute atomic E-state index is 0.0892. The van der Waals surface area contributed by atoms with Gasteiger partial charge in [0.25, 0.3) is 5.91 Å². The first-order valence-corrected chi connectivity index (χ1v) is 9.94. The van der Waals surface area contributed by atoms with Gasteiger partial charge in [0, 0.05) is 17.4 Å². The van der Waals surface area contributed by atoms with Crippen LogP contribution in [-0.4, -0.2) is 37.4 Å². The van der Waals surface area contributed by atoms with Crippen LogP contribution in [0.25, 0.3) is 11.5 Å². The van der Waals surface area contributed by atoms with Crippen LogP contribution in [0.15, 0.2) is 57.8 Å². The van der Waals surface area contributed by atoms with Crippen molar-refractivity contribution in [3.8, 4) is 17.2 Å². The van der Waals surface area contributed by atoms with Gasteiger partial charge >= 0.3 is 6.01 Å². The molecule has 0 bridgehead atoms. The number of benzene rings is 2. The van der Waals surface area contributed by atoms with Gasteiger partial charge in [-0.3, -0.25) is 10.1 Å². The summed E-state index contributed by atoms with van der Waals surface area (Å²) in [6.07, 6.45) is 1.11. The maximum Gasteiger partial charge on any atom is 0.322 e. The lowest BCUT2D eigenvalue weighted by Gasteiger charge is -2.04. The Bertz CT molecular complexity index is 1060. The van der Waals surface area contributed by atoms with E-state index >= 15 is 0 Å². The van der Waals surface area contributed by atoms with Crippen LogP contribution in [0.5, 0.6) is 5.75 Å². The smallest absolute Gasteiger partial charge is 0.322 e. The molecule has 140 valence electrons. The van der Waals surface area contributed by atoms with Gasteiger partial charge in [-0.15, -0.1) is 5.10 Å². The van der Waals surface area contributed by atoms with E-state index in [0.29, 0.717) is 23.5 Å². The molecule has 0 atom stereocenters. The summed E-state index contributed by atoms with van der Waals surface area (Å²) in [5, 5.41) is 10.1. The molecule has 0 saturated carbocycles. The molecule has 0 radical (unpaired) electrons. The van der Waals surface area contributed by atoms with Gasteiger partial charge in [-0.05, 0) is 49.4 Å². The number of carbonyl (C=O) groups is 1. The average Bonchev–Trinajstić information content (AvgIpc) is 3.10. The summed E-state index contributed by atoms with van der Waals surface area (Å²) in [4.78, 5) is 12.4. The fourth-order valence-corrected chi connectivity index (χ4v) is 2.96. The number of nitrogens with zero attached hydrogens (tertiary/aromatic N) is 2. The van der Waals surface area contributed by atoms with E-state index in [4.69, 9.17) is 9.15 Å². The summed E-state index contributed by atoms with van der Waals surface area (Å²) in [7, 11) is -3.36. The van der Waals surface area contributed by atoms with Crippen LogP contribution >= 0.6 is 0 Å². The summed E-state index contributed by atoms with van der Waals surface area (Å²) >= 11 is 0. The molecule has 1 amide bonds. The Labute approximate surface area is 156 Å². The summed E-state index contributed by atoms with van der Waals surface area (Å²) in [6, 6.07) is 12.6. The van der Waals surface area contributed by atoms with Gasteiger partial charge in [-0.1, -0.05) is 11.2 Å². The fourth-order valence-electron chi connectivity index (χ4n) is 2.29. The number of aromatic nitrogens is 2. The molecule has 0 aliphatic carbocycles. The van der Waals surface area contributed by atoms with Crippen LogP contribution in [0.3, 0.4) is 0 Å². The lowest BCUT2D eigenvalue weighted by Crippen LogP contribution is -2.12. The Morgan fingerprint density at radius 2 is 1.89 bits per heavy atom. The first kappa shape index (κ1) is 18.6. The van der Waals surface area contributed by atoms with E-state index < -0.39 is 15.7 Å². The van der Waals surface area contributed by atoms with Crippen LogP contribution in [0.4, 0.5) is 6.01 Å². The SMILES string of the molecule is CCOc1ccc(C(=O)Nc2nnc(-c3cccc(S(C)(=O)=O)c3)o2)cc1. The van der Waals surface area contributed by atoms with Crippen molar-refractivity contribution in [1.29, 1.82) is 0 Å². The minimum atomic E-state index is -3.36. The first-order valence-electron chi connectivity index (χ1n) is 8.05. The number of sulfone groups is 1. The van der Waals surface area contributed by atoms with Crippen molar-refractivity contribution in [3.05, 3.63) is 54.1 Å². The molecule has 3 aromatic rings. The number of amides is 1. The zero-order valence-electron chi connectivity index (χ0n) is 14.7. The molecule has 1 heterocycles. The minimum Gasteiger partial charge on any atom is -0.494 e. The molecule has 2 aromatic carbocycles. The predicted molar refractivity (Wildman–Crippen MR) is 98.4 cm³/mol. The zero-order valence-corrected chi connectivity index (χ0v) is 15.5. The van der Waals surface area contributed by atoms with Gasteiger partial charge in [0.2, 0.25) is 5.89 Å². The van der Waals surface area contributed by atoms with Gasteiger partial charge in [0.15, 0.2) is 9.84 Å². The number of ether oxygens (including phenoxy) is 1. The van der Waals surface area contributed by atoms with E-state index in [2.05, 4.69) is 15.5 Å². The van der Waals surface area contributed by atoms with Crippen molar-refractivity contribution in [2.24, 2.45) is 0 Å². The third-order valence-corrected chi connectivity index (χ3v) is 4.69. The highest BCUT2D eigenvalue weighted by Crippen LogP contribution is 2.23. The van der Waals surface area contributed by atoms with Gasteiger partial charge in [0.05, 0.1) is 11.5 Å². The highest BCUT2D eigenvalue weighted by Gasteiger charge is 2.15. The van der Waals surface area contributed by atoms with Crippen LogP contribution in [0, 0.1) is 0 Å². The molecular weight excluding hydrogens is 370 g/mol. The molecule has 0 aliphatic heterocycles. The zero-order chi connectivity index (χ0) is 19.4. The monoisotopic (exact) mass is 387 g/mol. The Hall–Kier alpha value is -3.20. The van der Waals surface area contributed by atoms with Crippen molar-refractivity contribution in [2.45, 2.75) is 11.8 Å². The van der Waals surface area contributed by atoms with Gasteiger partial charge in [0.1, 0.15) is 5.75 Å². The topological polar surface area (TPSA) is 111 Å². The molecule has 3 rings (SSSR count). The number of rotatable bonds is 6. The highest BCUT2D eigenvalue weighted by atomic mass is 32.2. The highest BCUT2D eigenvalue weighted by molar-refractivity contribution is 7.90. The maximum atomic E-state index is 12.3. The summed E-state index contributed by atoms with van der Waals surface area (Å²) in [5.74, 6) is 0.348. The first-order chi connectivity index (χ1) is 12.9. The van der Waals surface area contributed by atoms with Crippen molar-refractivity contribution in [2.75, 3.05) is 18.2 Å². The van der Waals surface area contributed by atoms with Crippen LogP contribution in [0.2, 0.25) is 0 Å². The molecule has 1 N–H and O–H groups in total. The molecule has 0 fully saturated rings. The normalized spacial score (nSPS) is 11.2. The largest absolute Gasteiger partial charge is 0.494 e. The lowest BCUT2D eigenvalue weighted by atomic mass is 10.2. The molecule has 0 unspecified atom stereocenters. The van der Waals surface area contributed by atoms with E-state index in [9.17, 15) is 13.2 Å². The van der Waals surface area contributed by atoms with Crippen LogP contribution in [-0.2, 0) is 9.84 Å². The van der Waals surface area contributed by atoms with Crippen LogP contribution in [0.1, 0.15) is 17.3 Å². The predicted octanol–water partition coefficient (Wildman–Crippen LogP) is 2.79. The van der Waals surface area contributed by atoms with Gasteiger partial charge < -0.3 is 9.15 Å². The maximum absolute atomic E-state index is 12.3.